The number of hydrogen-bond acceptors (Lipinski definition) is 3. The number of hydrogen-bond donors (Lipinski definition) is 1. The number of carbonyl (C=O) groups excluding carboxylic acids is 1. The summed E-state index contributed by atoms with van der Waals surface area (Å²) in [5.41, 5.74) is 3.57. The van der Waals surface area contributed by atoms with E-state index >= 15 is 0 Å². The van der Waals surface area contributed by atoms with Crippen LogP contribution in [0.3, 0.4) is 0 Å². The van der Waals surface area contributed by atoms with E-state index in [1.54, 1.807) is 6.20 Å². The second-order valence-electron chi connectivity index (χ2n) is 4.14. The summed E-state index contributed by atoms with van der Waals surface area (Å²) in [6.07, 6.45) is 3.89. The summed E-state index contributed by atoms with van der Waals surface area (Å²) >= 11 is 3.29. The molecule has 2 aromatic rings. The molecule has 2 rings (SSSR count). The van der Waals surface area contributed by atoms with Gasteiger partial charge >= 0.3 is 0 Å². The molecule has 1 aromatic carbocycles. The van der Waals surface area contributed by atoms with Gasteiger partial charge < -0.3 is 5.32 Å². The number of carbonyl (C=O) groups is 1. The van der Waals surface area contributed by atoms with E-state index < -0.39 is 0 Å². The molecule has 1 N–H and O–H groups in total. The van der Waals surface area contributed by atoms with Gasteiger partial charge in [-0.3, -0.25) is 4.79 Å². The third kappa shape index (κ3) is 3.30. The number of halogens is 1. The third-order valence-corrected chi connectivity index (χ3v) is 3.19. The van der Waals surface area contributed by atoms with Crippen molar-refractivity contribution in [2.75, 3.05) is 5.32 Å². The molecule has 4 nitrogen and oxygen atoms in total. The molecule has 0 unspecified atom stereocenters. The fourth-order valence-electron chi connectivity index (χ4n) is 1.83. The van der Waals surface area contributed by atoms with Crippen LogP contribution in [-0.2, 0) is 11.2 Å². The van der Waals surface area contributed by atoms with Crippen LogP contribution >= 0.6 is 15.9 Å². The fourth-order valence-corrected chi connectivity index (χ4v) is 2.11. The number of amides is 1. The molecule has 0 saturated heterocycles. The van der Waals surface area contributed by atoms with Crippen molar-refractivity contribution in [1.29, 1.82) is 0 Å². The summed E-state index contributed by atoms with van der Waals surface area (Å²) in [6.45, 7) is 5.49. The molecule has 5 heteroatoms. The van der Waals surface area contributed by atoms with E-state index in [1.165, 1.54) is 6.08 Å². The van der Waals surface area contributed by atoms with Gasteiger partial charge in [-0.2, -0.15) is 0 Å². The first-order valence-electron chi connectivity index (χ1n) is 6.19. The second-order valence-corrected chi connectivity index (χ2v) is 4.85. The Morgan fingerprint density at radius 2 is 2.30 bits per heavy atom. The van der Waals surface area contributed by atoms with E-state index in [0.29, 0.717) is 10.4 Å². The molecular formula is C15H14BrN3O. The number of aromatic nitrogens is 2. The lowest BCUT2D eigenvalue weighted by molar-refractivity contribution is -0.111. The average Bonchev–Trinajstić information content (AvgIpc) is 2.47. The molecule has 1 amide bonds. The quantitative estimate of drug-likeness (QED) is 0.688. The van der Waals surface area contributed by atoms with Gasteiger partial charge in [0, 0.05) is 17.4 Å². The molecule has 1 heterocycles. The molecule has 0 atom stereocenters. The van der Waals surface area contributed by atoms with Gasteiger partial charge in [0.05, 0.1) is 5.69 Å². The lowest BCUT2D eigenvalue weighted by atomic mass is 10.1. The Balaban J connectivity index is 2.42. The van der Waals surface area contributed by atoms with Gasteiger partial charge in [-0.05, 0) is 46.1 Å². The minimum absolute atomic E-state index is 0.235. The Bertz CT molecular complexity index is 655. The zero-order chi connectivity index (χ0) is 14.5. The Morgan fingerprint density at radius 3 is 3.00 bits per heavy atom. The zero-order valence-corrected chi connectivity index (χ0v) is 12.6. The van der Waals surface area contributed by atoms with Gasteiger partial charge in [0.25, 0.3) is 0 Å². The lowest BCUT2D eigenvalue weighted by Gasteiger charge is -2.09. The van der Waals surface area contributed by atoms with Crippen molar-refractivity contribution in [3.8, 4) is 11.3 Å². The maximum Gasteiger partial charge on any atom is 0.247 e. The molecule has 20 heavy (non-hydrogen) atoms. The van der Waals surface area contributed by atoms with Crippen LogP contribution in [0, 0.1) is 0 Å². The van der Waals surface area contributed by atoms with Gasteiger partial charge in [-0.25, -0.2) is 9.97 Å². The van der Waals surface area contributed by atoms with Crippen LogP contribution < -0.4 is 5.32 Å². The van der Waals surface area contributed by atoms with E-state index in [9.17, 15) is 4.79 Å². The number of anilines is 1. The van der Waals surface area contributed by atoms with E-state index in [0.717, 1.165) is 23.2 Å². The number of nitrogens with one attached hydrogen (secondary N) is 1. The first-order valence-corrected chi connectivity index (χ1v) is 6.98. The molecule has 0 fully saturated rings. The monoisotopic (exact) mass is 331 g/mol. The van der Waals surface area contributed by atoms with E-state index in [1.807, 2.05) is 24.3 Å². The van der Waals surface area contributed by atoms with Gasteiger partial charge in [0.1, 0.15) is 0 Å². The maximum atomic E-state index is 11.3. The summed E-state index contributed by atoms with van der Waals surface area (Å²) in [5.74, 6) is -0.235. The van der Waals surface area contributed by atoms with Crippen LogP contribution in [0.1, 0.15) is 12.5 Å². The summed E-state index contributed by atoms with van der Waals surface area (Å²) in [4.78, 5) is 19.9. The highest BCUT2D eigenvalue weighted by Gasteiger charge is 2.08. The molecule has 102 valence electrons. The van der Waals surface area contributed by atoms with Crippen LogP contribution in [-0.4, -0.2) is 15.9 Å². The van der Waals surface area contributed by atoms with Crippen LogP contribution in [0.2, 0.25) is 0 Å². The summed E-state index contributed by atoms with van der Waals surface area (Å²) in [6, 6.07) is 7.54. The lowest BCUT2D eigenvalue weighted by Crippen LogP contribution is -2.07. The molecule has 0 saturated carbocycles. The normalized spacial score (nSPS) is 10.1. The number of aryl methyl sites for hydroxylation is 1. The smallest absolute Gasteiger partial charge is 0.247 e. The Kier molecular flexibility index (Phi) is 4.63. The van der Waals surface area contributed by atoms with Crippen molar-refractivity contribution >= 4 is 27.5 Å². The van der Waals surface area contributed by atoms with Crippen LogP contribution in [0.15, 0.2) is 47.9 Å². The van der Waals surface area contributed by atoms with Gasteiger partial charge in [-0.15, -0.1) is 0 Å². The largest absolute Gasteiger partial charge is 0.323 e. The summed E-state index contributed by atoms with van der Waals surface area (Å²) in [7, 11) is 0. The van der Waals surface area contributed by atoms with Crippen molar-refractivity contribution in [2.24, 2.45) is 0 Å². The minimum Gasteiger partial charge on any atom is -0.323 e. The highest BCUT2D eigenvalue weighted by Crippen LogP contribution is 2.25. The van der Waals surface area contributed by atoms with Crippen molar-refractivity contribution < 1.29 is 4.79 Å². The van der Waals surface area contributed by atoms with Crippen LogP contribution in [0.5, 0.6) is 0 Å². The first kappa shape index (κ1) is 14.4. The van der Waals surface area contributed by atoms with Gasteiger partial charge in [0.15, 0.2) is 4.73 Å². The minimum atomic E-state index is -0.235. The predicted octanol–water partition coefficient (Wildman–Crippen LogP) is 3.59. The SMILES string of the molecule is C=CC(=O)Nc1cccc(-c2nc(Br)ncc2CC)c1. The van der Waals surface area contributed by atoms with Gasteiger partial charge in [-0.1, -0.05) is 25.6 Å². The van der Waals surface area contributed by atoms with E-state index in [-0.39, 0.29) is 5.91 Å². The molecular weight excluding hydrogens is 318 g/mol. The topological polar surface area (TPSA) is 54.9 Å². The summed E-state index contributed by atoms with van der Waals surface area (Å²) in [5, 5.41) is 2.74. The molecule has 0 aliphatic carbocycles. The highest BCUT2D eigenvalue weighted by molar-refractivity contribution is 9.10. The Morgan fingerprint density at radius 1 is 1.50 bits per heavy atom. The second kappa shape index (κ2) is 6.43. The van der Waals surface area contributed by atoms with E-state index in [2.05, 4.69) is 44.7 Å². The molecule has 0 bridgehead atoms. The van der Waals surface area contributed by atoms with Crippen molar-refractivity contribution in [3.05, 3.63) is 53.4 Å². The number of benzene rings is 1. The number of rotatable bonds is 4. The molecule has 1 aromatic heterocycles. The molecule has 0 spiro atoms. The first-order chi connectivity index (χ1) is 9.63. The molecule has 0 radical (unpaired) electrons. The highest BCUT2D eigenvalue weighted by atomic mass is 79.9. The van der Waals surface area contributed by atoms with Gasteiger partial charge in [0.2, 0.25) is 5.91 Å². The average molecular weight is 332 g/mol. The van der Waals surface area contributed by atoms with E-state index in [4.69, 9.17) is 0 Å². The predicted molar refractivity (Wildman–Crippen MR) is 83.4 cm³/mol. The van der Waals surface area contributed by atoms with Crippen LogP contribution in [0.4, 0.5) is 5.69 Å². The maximum absolute atomic E-state index is 11.3. The van der Waals surface area contributed by atoms with Crippen molar-refractivity contribution in [1.82, 2.24) is 9.97 Å². The Labute approximate surface area is 126 Å². The zero-order valence-electron chi connectivity index (χ0n) is 11.1. The molecule has 0 aliphatic rings. The fraction of sp³-hybridized carbons (Fsp3) is 0.133. The van der Waals surface area contributed by atoms with Crippen molar-refractivity contribution in [3.63, 3.8) is 0 Å². The summed E-state index contributed by atoms with van der Waals surface area (Å²) < 4.78 is 0.547. The standard InChI is InChI=1S/C15H14BrN3O/c1-3-10-9-17-15(16)19-14(10)11-6-5-7-12(8-11)18-13(20)4-2/h4-9H,2-3H2,1H3,(H,18,20). The Hall–Kier alpha value is -2.01. The van der Waals surface area contributed by atoms with Crippen LogP contribution in [0.25, 0.3) is 11.3 Å². The molecule has 0 aliphatic heterocycles. The number of nitrogens with zero attached hydrogens (tertiary/aromatic N) is 2. The third-order valence-electron chi connectivity index (χ3n) is 2.80. The van der Waals surface area contributed by atoms with Crippen molar-refractivity contribution in [2.45, 2.75) is 13.3 Å².